The van der Waals surface area contributed by atoms with Crippen LogP contribution in [0.25, 0.3) is 0 Å². The first-order valence-electron chi connectivity index (χ1n) is 6.86. The molecule has 0 fully saturated rings. The Balaban J connectivity index is 1.87. The number of rotatable bonds is 3. The van der Waals surface area contributed by atoms with Gasteiger partial charge in [0.25, 0.3) is 17.5 Å². The molecule has 0 atom stereocenters. The molecule has 0 N–H and O–H groups in total. The lowest BCUT2D eigenvalue weighted by molar-refractivity contribution is -0.384. The van der Waals surface area contributed by atoms with E-state index in [1.807, 2.05) is 0 Å². The van der Waals surface area contributed by atoms with E-state index < -0.39 is 16.7 Å². The first kappa shape index (κ1) is 14.7. The maximum Gasteiger partial charge on any atom is 0.269 e. The Bertz CT molecular complexity index is 785. The second-order valence-corrected chi connectivity index (χ2v) is 4.99. The van der Waals surface area contributed by atoms with Gasteiger partial charge in [0, 0.05) is 12.1 Å². The molecule has 1 aliphatic heterocycles. The summed E-state index contributed by atoms with van der Waals surface area (Å²) >= 11 is 0. The van der Waals surface area contributed by atoms with E-state index in [0.717, 1.165) is 4.90 Å². The van der Waals surface area contributed by atoms with E-state index in [2.05, 4.69) is 0 Å². The second kappa shape index (κ2) is 5.88. The summed E-state index contributed by atoms with van der Waals surface area (Å²) in [4.78, 5) is 35.9. The molecule has 0 unspecified atom stereocenters. The molecule has 0 aliphatic carbocycles. The van der Waals surface area contributed by atoms with Gasteiger partial charge in [0.1, 0.15) is 5.75 Å². The fourth-order valence-electron chi connectivity index (χ4n) is 2.31. The quantitative estimate of drug-likeness (QED) is 0.492. The highest BCUT2D eigenvalue weighted by Gasteiger charge is 2.29. The van der Waals surface area contributed by atoms with Crippen LogP contribution in [-0.2, 0) is 11.3 Å². The molecule has 0 spiro atoms. The van der Waals surface area contributed by atoms with Crippen LogP contribution < -0.4 is 4.74 Å². The van der Waals surface area contributed by atoms with Gasteiger partial charge in [-0.25, -0.2) is 0 Å². The Hall–Kier alpha value is -3.22. The molecule has 7 nitrogen and oxygen atoms in total. The number of nitro groups is 1. The highest BCUT2D eigenvalue weighted by Crippen LogP contribution is 2.24. The summed E-state index contributed by atoms with van der Waals surface area (Å²) in [6.07, 6.45) is 0. The molecule has 3 rings (SSSR count). The van der Waals surface area contributed by atoms with Crippen molar-refractivity contribution in [2.24, 2.45) is 0 Å². The van der Waals surface area contributed by atoms with Crippen molar-refractivity contribution in [3.63, 3.8) is 0 Å². The number of para-hydroxylation sites is 1. The van der Waals surface area contributed by atoms with E-state index in [9.17, 15) is 19.7 Å². The molecule has 116 valence electrons. The van der Waals surface area contributed by atoms with Gasteiger partial charge in [0.15, 0.2) is 6.61 Å². The van der Waals surface area contributed by atoms with Gasteiger partial charge in [-0.15, -0.1) is 0 Å². The summed E-state index contributed by atoms with van der Waals surface area (Å²) in [7, 11) is 0. The SMILES string of the molecule is O=C1COc2ccccc2C(=O)N1Cc1ccc([N+](=O)[O-])cc1. The summed E-state index contributed by atoms with van der Waals surface area (Å²) in [6.45, 7) is -0.191. The van der Waals surface area contributed by atoms with Crippen molar-refractivity contribution >= 4 is 17.5 Å². The number of imide groups is 1. The van der Waals surface area contributed by atoms with Crippen molar-refractivity contribution in [1.29, 1.82) is 0 Å². The van der Waals surface area contributed by atoms with Crippen LogP contribution in [0.1, 0.15) is 15.9 Å². The van der Waals surface area contributed by atoms with Gasteiger partial charge < -0.3 is 4.74 Å². The van der Waals surface area contributed by atoms with Gasteiger partial charge in [-0.05, 0) is 17.7 Å². The van der Waals surface area contributed by atoms with Crippen molar-refractivity contribution in [1.82, 2.24) is 4.90 Å². The maximum absolute atomic E-state index is 12.5. The number of benzene rings is 2. The first-order chi connectivity index (χ1) is 11.1. The Kier molecular flexibility index (Phi) is 3.76. The Labute approximate surface area is 131 Å². The zero-order valence-electron chi connectivity index (χ0n) is 12.0. The number of fused-ring (bicyclic) bond motifs is 1. The molecule has 0 saturated heterocycles. The summed E-state index contributed by atoms with van der Waals surface area (Å²) in [5, 5.41) is 10.7. The van der Waals surface area contributed by atoms with E-state index in [4.69, 9.17) is 4.74 Å². The molecule has 2 aromatic carbocycles. The predicted octanol–water partition coefficient (Wildman–Crippen LogP) is 2.16. The van der Waals surface area contributed by atoms with Gasteiger partial charge in [0.2, 0.25) is 0 Å². The van der Waals surface area contributed by atoms with Crippen LogP contribution >= 0.6 is 0 Å². The van der Waals surface area contributed by atoms with Gasteiger partial charge >= 0.3 is 0 Å². The summed E-state index contributed by atoms with van der Waals surface area (Å²) < 4.78 is 5.35. The number of ether oxygens (including phenoxy) is 1. The van der Waals surface area contributed by atoms with Crippen molar-refractivity contribution in [3.05, 3.63) is 69.8 Å². The van der Waals surface area contributed by atoms with Crippen LogP contribution in [0.2, 0.25) is 0 Å². The van der Waals surface area contributed by atoms with Gasteiger partial charge in [-0.2, -0.15) is 0 Å². The van der Waals surface area contributed by atoms with Crippen LogP contribution in [0.3, 0.4) is 0 Å². The number of carbonyl (C=O) groups excluding carboxylic acids is 2. The van der Waals surface area contributed by atoms with E-state index in [0.29, 0.717) is 16.9 Å². The van der Waals surface area contributed by atoms with Gasteiger partial charge in [0.05, 0.1) is 17.0 Å². The van der Waals surface area contributed by atoms with Crippen molar-refractivity contribution in [2.45, 2.75) is 6.54 Å². The molecule has 0 radical (unpaired) electrons. The molecule has 1 heterocycles. The Morgan fingerprint density at radius 1 is 1.09 bits per heavy atom. The average molecular weight is 312 g/mol. The molecule has 0 bridgehead atoms. The van der Waals surface area contributed by atoms with E-state index >= 15 is 0 Å². The van der Waals surface area contributed by atoms with Crippen LogP contribution in [0.5, 0.6) is 5.75 Å². The molecule has 23 heavy (non-hydrogen) atoms. The Morgan fingerprint density at radius 3 is 2.48 bits per heavy atom. The van der Waals surface area contributed by atoms with Crippen molar-refractivity contribution < 1.29 is 19.2 Å². The number of hydrogen-bond acceptors (Lipinski definition) is 5. The summed E-state index contributed by atoms with van der Waals surface area (Å²) in [5.41, 5.74) is 0.896. The lowest BCUT2D eigenvalue weighted by atomic mass is 10.1. The average Bonchev–Trinajstić information content (AvgIpc) is 2.68. The standard InChI is InChI=1S/C16H12N2O5/c19-15-10-23-14-4-2-1-3-13(14)16(20)17(15)9-11-5-7-12(8-6-11)18(21)22/h1-8H,9-10H2. The van der Waals surface area contributed by atoms with Gasteiger partial charge in [-0.1, -0.05) is 24.3 Å². The number of hydrogen-bond donors (Lipinski definition) is 0. The molecular weight excluding hydrogens is 300 g/mol. The lowest BCUT2D eigenvalue weighted by Gasteiger charge is -2.18. The number of nitro benzene ring substituents is 1. The number of nitrogens with zero attached hydrogens (tertiary/aromatic N) is 2. The van der Waals surface area contributed by atoms with E-state index in [-0.39, 0.29) is 18.8 Å². The molecular formula is C16H12N2O5. The summed E-state index contributed by atoms with van der Waals surface area (Å²) in [6, 6.07) is 12.4. The fourth-order valence-corrected chi connectivity index (χ4v) is 2.31. The van der Waals surface area contributed by atoms with Gasteiger partial charge in [-0.3, -0.25) is 24.6 Å². The van der Waals surface area contributed by atoms with E-state index in [1.54, 1.807) is 24.3 Å². The van der Waals surface area contributed by atoms with Crippen LogP contribution in [0.4, 0.5) is 5.69 Å². The minimum Gasteiger partial charge on any atom is -0.483 e. The second-order valence-electron chi connectivity index (χ2n) is 4.99. The molecule has 7 heteroatoms. The zero-order valence-corrected chi connectivity index (χ0v) is 12.0. The third-order valence-corrected chi connectivity index (χ3v) is 3.50. The minimum absolute atomic E-state index is 0.0351. The third kappa shape index (κ3) is 2.89. The Morgan fingerprint density at radius 2 is 1.78 bits per heavy atom. The highest BCUT2D eigenvalue weighted by atomic mass is 16.6. The number of amides is 2. The van der Waals surface area contributed by atoms with Crippen molar-refractivity contribution in [3.8, 4) is 5.75 Å². The van der Waals surface area contributed by atoms with Crippen molar-refractivity contribution in [2.75, 3.05) is 6.61 Å². The number of non-ortho nitro benzene ring substituents is 1. The smallest absolute Gasteiger partial charge is 0.269 e. The van der Waals surface area contributed by atoms with Crippen LogP contribution in [0, 0.1) is 10.1 Å². The highest BCUT2D eigenvalue weighted by molar-refractivity contribution is 6.07. The van der Waals surface area contributed by atoms with E-state index in [1.165, 1.54) is 24.3 Å². The zero-order chi connectivity index (χ0) is 16.4. The maximum atomic E-state index is 12.5. The molecule has 1 aliphatic rings. The molecule has 0 aromatic heterocycles. The predicted molar refractivity (Wildman–Crippen MR) is 79.9 cm³/mol. The van der Waals surface area contributed by atoms with Crippen LogP contribution in [-0.4, -0.2) is 28.2 Å². The van der Waals surface area contributed by atoms with Crippen LogP contribution in [0.15, 0.2) is 48.5 Å². The largest absolute Gasteiger partial charge is 0.483 e. The molecule has 2 amide bonds. The number of carbonyl (C=O) groups is 2. The fraction of sp³-hybridized carbons (Fsp3) is 0.125. The molecule has 0 saturated carbocycles. The summed E-state index contributed by atoms with van der Waals surface area (Å²) in [5.74, 6) is -0.525. The first-order valence-corrected chi connectivity index (χ1v) is 6.86. The minimum atomic E-state index is -0.504. The third-order valence-electron chi connectivity index (χ3n) is 3.50. The normalized spacial score (nSPS) is 14.0. The molecule has 2 aromatic rings. The monoisotopic (exact) mass is 312 g/mol. The lowest BCUT2D eigenvalue weighted by Crippen LogP contribution is -2.37. The topological polar surface area (TPSA) is 89.8 Å².